The third-order valence-electron chi connectivity index (χ3n) is 4.75. The number of carbonyl (C=O) groups is 3. The average molecular weight is 369 g/mol. The van der Waals surface area contributed by atoms with E-state index < -0.39 is 12.0 Å². The summed E-state index contributed by atoms with van der Waals surface area (Å²) in [6.07, 6.45) is 0.410. The number of ether oxygens (including phenoxy) is 1. The first kappa shape index (κ1) is 20.6. The van der Waals surface area contributed by atoms with Gasteiger partial charge in [-0.1, -0.05) is 44.2 Å². The van der Waals surface area contributed by atoms with Gasteiger partial charge in [-0.25, -0.2) is 4.79 Å². The first-order valence-corrected chi connectivity index (χ1v) is 9.38. The smallest absolute Gasteiger partial charge is 0.418 e. The lowest BCUT2D eigenvalue weighted by Crippen LogP contribution is -2.39. The van der Waals surface area contributed by atoms with Crippen LogP contribution in [0.4, 0.5) is 4.79 Å². The van der Waals surface area contributed by atoms with Crippen LogP contribution >= 0.6 is 0 Å². The second kappa shape index (κ2) is 8.80. The zero-order chi connectivity index (χ0) is 20.1. The van der Waals surface area contributed by atoms with Gasteiger partial charge in [-0.3, -0.25) is 14.5 Å². The second-order valence-electron chi connectivity index (χ2n) is 6.42. The topological polar surface area (TPSA) is 63.7 Å². The van der Waals surface area contributed by atoms with Crippen molar-refractivity contribution in [1.29, 1.82) is 0 Å². The fraction of sp³-hybridized carbons (Fsp3) is 0.409. The Morgan fingerprint density at radius 1 is 0.889 bits per heavy atom. The summed E-state index contributed by atoms with van der Waals surface area (Å²) < 4.78 is 5.24. The standard InChI is InChI=1S/C22H27NO4/c1-6-17-19(14(4)24)21(16-12-10-9-11-13-16)20(15(5)25)18(7-2)23(17)22(26)27-8-3/h9-13,21H,6-8H2,1-5H3. The number of benzene rings is 1. The van der Waals surface area contributed by atoms with E-state index in [-0.39, 0.29) is 18.2 Å². The largest absolute Gasteiger partial charge is 0.449 e. The highest BCUT2D eigenvalue weighted by Gasteiger charge is 2.40. The Kier molecular flexibility index (Phi) is 6.72. The summed E-state index contributed by atoms with van der Waals surface area (Å²) in [5.41, 5.74) is 3.06. The van der Waals surface area contributed by atoms with E-state index in [1.807, 2.05) is 44.2 Å². The van der Waals surface area contributed by atoms with E-state index in [1.165, 1.54) is 18.7 Å². The van der Waals surface area contributed by atoms with Crippen molar-refractivity contribution in [1.82, 2.24) is 4.90 Å². The summed E-state index contributed by atoms with van der Waals surface area (Å²) >= 11 is 0. The molecule has 0 aliphatic carbocycles. The Bertz CT molecular complexity index is 765. The molecule has 0 fully saturated rings. The quantitative estimate of drug-likeness (QED) is 0.726. The van der Waals surface area contributed by atoms with Crippen LogP contribution in [0.15, 0.2) is 52.9 Å². The van der Waals surface area contributed by atoms with Gasteiger partial charge in [-0.05, 0) is 39.2 Å². The Morgan fingerprint density at radius 2 is 1.37 bits per heavy atom. The van der Waals surface area contributed by atoms with Crippen molar-refractivity contribution in [2.24, 2.45) is 0 Å². The number of hydrogen-bond acceptors (Lipinski definition) is 4. The van der Waals surface area contributed by atoms with Crippen LogP contribution in [0.2, 0.25) is 0 Å². The molecule has 1 aliphatic heterocycles. The molecule has 0 radical (unpaired) electrons. The maximum Gasteiger partial charge on any atom is 0.418 e. The maximum atomic E-state index is 12.7. The molecule has 27 heavy (non-hydrogen) atoms. The first-order chi connectivity index (χ1) is 12.9. The van der Waals surface area contributed by atoms with Gasteiger partial charge in [0, 0.05) is 28.5 Å². The highest BCUT2D eigenvalue weighted by Crippen LogP contribution is 2.44. The van der Waals surface area contributed by atoms with Gasteiger partial charge in [-0.15, -0.1) is 0 Å². The number of ketones is 2. The van der Waals surface area contributed by atoms with Crippen LogP contribution in [-0.2, 0) is 14.3 Å². The van der Waals surface area contributed by atoms with Gasteiger partial charge < -0.3 is 4.74 Å². The van der Waals surface area contributed by atoms with Crippen molar-refractivity contribution in [2.75, 3.05) is 6.61 Å². The van der Waals surface area contributed by atoms with Gasteiger partial charge in [0.15, 0.2) is 11.6 Å². The van der Waals surface area contributed by atoms with E-state index >= 15 is 0 Å². The summed E-state index contributed by atoms with van der Waals surface area (Å²) in [5.74, 6) is -0.774. The Hall–Kier alpha value is -2.69. The number of amides is 1. The predicted octanol–water partition coefficient (Wildman–Crippen LogP) is 4.75. The number of rotatable bonds is 6. The molecular weight excluding hydrogens is 342 g/mol. The van der Waals surface area contributed by atoms with Gasteiger partial charge in [0.05, 0.1) is 6.61 Å². The third-order valence-corrected chi connectivity index (χ3v) is 4.75. The maximum absolute atomic E-state index is 12.7. The third kappa shape index (κ3) is 3.87. The number of nitrogens with zero attached hydrogens (tertiary/aromatic N) is 1. The number of hydrogen-bond donors (Lipinski definition) is 0. The van der Waals surface area contributed by atoms with Crippen molar-refractivity contribution in [3.05, 3.63) is 58.4 Å². The van der Waals surface area contributed by atoms with E-state index in [0.29, 0.717) is 35.4 Å². The Morgan fingerprint density at radius 3 is 1.74 bits per heavy atom. The number of allylic oxidation sites excluding steroid dienone is 4. The molecule has 0 saturated carbocycles. The van der Waals surface area contributed by atoms with E-state index in [4.69, 9.17) is 4.74 Å². The molecule has 0 spiro atoms. The summed E-state index contributed by atoms with van der Waals surface area (Å²) in [7, 11) is 0. The van der Waals surface area contributed by atoms with Crippen molar-refractivity contribution in [2.45, 2.75) is 53.4 Å². The molecule has 0 aromatic heterocycles. The van der Waals surface area contributed by atoms with Crippen LogP contribution in [-0.4, -0.2) is 29.2 Å². The zero-order valence-electron chi connectivity index (χ0n) is 16.7. The minimum atomic E-state index is -0.546. The van der Waals surface area contributed by atoms with Crippen molar-refractivity contribution in [3.63, 3.8) is 0 Å². The molecule has 0 unspecified atom stereocenters. The molecule has 0 atom stereocenters. The normalized spacial score (nSPS) is 15.2. The van der Waals surface area contributed by atoms with E-state index in [1.54, 1.807) is 6.92 Å². The lowest BCUT2D eigenvalue weighted by Gasteiger charge is -2.38. The first-order valence-electron chi connectivity index (χ1n) is 9.38. The fourth-order valence-electron chi connectivity index (χ4n) is 3.78. The minimum absolute atomic E-state index is 0.149. The number of carbonyl (C=O) groups excluding carboxylic acids is 3. The van der Waals surface area contributed by atoms with Crippen LogP contribution in [0.5, 0.6) is 0 Å². The van der Waals surface area contributed by atoms with Crippen molar-refractivity contribution >= 4 is 17.7 Å². The molecule has 5 nitrogen and oxygen atoms in total. The fourth-order valence-corrected chi connectivity index (χ4v) is 3.78. The Labute approximate surface area is 160 Å². The van der Waals surface area contributed by atoms with E-state index in [9.17, 15) is 14.4 Å². The van der Waals surface area contributed by atoms with Gasteiger partial charge in [-0.2, -0.15) is 0 Å². The highest BCUT2D eigenvalue weighted by molar-refractivity contribution is 6.04. The summed E-state index contributed by atoms with van der Waals surface area (Å²) in [4.78, 5) is 39.5. The predicted molar refractivity (Wildman–Crippen MR) is 104 cm³/mol. The van der Waals surface area contributed by atoms with Gasteiger partial charge in [0.1, 0.15) is 0 Å². The Balaban J connectivity index is 2.86. The van der Waals surface area contributed by atoms with Gasteiger partial charge in [0.2, 0.25) is 0 Å². The average Bonchev–Trinajstić information content (AvgIpc) is 2.65. The molecule has 2 rings (SSSR count). The van der Waals surface area contributed by atoms with Crippen LogP contribution in [0, 0.1) is 0 Å². The monoisotopic (exact) mass is 369 g/mol. The summed E-state index contributed by atoms with van der Waals surface area (Å²) in [6, 6.07) is 9.50. The van der Waals surface area contributed by atoms with E-state index in [0.717, 1.165) is 5.56 Å². The van der Waals surface area contributed by atoms with Crippen LogP contribution in [0.3, 0.4) is 0 Å². The molecular formula is C22H27NO4. The summed E-state index contributed by atoms with van der Waals surface area (Å²) in [5, 5.41) is 0. The van der Waals surface area contributed by atoms with Crippen molar-refractivity contribution < 1.29 is 19.1 Å². The van der Waals surface area contributed by atoms with Crippen molar-refractivity contribution in [3.8, 4) is 0 Å². The molecule has 0 N–H and O–H groups in total. The lowest BCUT2D eigenvalue weighted by atomic mass is 9.76. The molecule has 5 heteroatoms. The lowest BCUT2D eigenvalue weighted by molar-refractivity contribution is -0.114. The second-order valence-corrected chi connectivity index (χ2v) is 6.42. The van der Waals surface area contributed by atoms with Gasteiger partial charge in [0.25, 0.3) is 0 Å². The minimum Gasteiger partial charge on any atom is -0.449 e. The molecule has 1 aromatic carbocycles. The molecule has 1 aromatic rings. The molecule has 1 aliphatic rings. The molecule has 0 bridgehead atoms. The number of Topliss-reactive ketones (excluding diaryl/α,β-unsaturated/α-hetero) is 2. The molecule has 144 valence electrons. The highest BCUT2D eigenvalue weighted by atomic mass is 16.6. The van der Waals surface area contributed by atoms with Crippen LogP contribution in [0.1, 0.15) is 58.9 Å². The van der Waals surface area contributed by atoms with Crippen LogP contribution < -0.4 is 0 Å². The van der Waals surface area contributed by atoms with Crippen LogP contribution in [0.25, 0.3) is 0 Å². The summed E-state index contributed by atoms with van der Waals surface area (Å²) in [6.45, 7) is 8.72. The van der Waals surface area contributed by atoms with Gasteiger partial charge >= 0.3 is 6.09 Å². The molecule has 0 saturated heterocycles. The SMILES string of the molecule is CCOC(=O)N1C(CC)=C(C(C)=O)C(c2ccccc2)C(C(C)=O)=C1CC. The zero-order valence-corrected chi connectivity index (χ0v) is 16.7. The molecule has 1 amide bonds. The van der Waals surface area contributed by atoms with E-state index in [2.05, 4.69) is 0 Å². The molecule has 1 heterocycles.